The number of aliphatic carboxylic acids is 1. The zero-order chi connectivity index (χ0) is 14.5. The maximum Gasteiger partial charge on any atom is 0.326 e. The Morgan fingerprint density at radius 2 is 2.20 bits per heavy atom. The van der Waals surface area contributed by atoms with E-state index < -0.39 is 18.0 Å². The number of fused-ring (bicyclic) bond motifs is 1. The Morgan fingerprint density at radius 1 is 1.45 bits per heavy atom. The van der Waals surface area contributed by atoms with Crippen LogP contribution in [0, 0.1) is 0 Å². The van der Waals surface area contributed by atoms with Crippen molar-refractivity contribution >= 4 is 12.0 Å². The number of rotatable bonds is 5. The monoisotopic (exact) mass is 278 g/mol. The molecule has 6 nitrogen and oxygen atoms in total. The normalized spacial score (nSPS) is 17.8. The van der Waals surface area contributed by atoms with E-state index in [1.807, 2.05) is 24.3 Å². The highest BCUT2D eigenvalue weighted by Gasteiger charge is 2.23. The number of nitrogens with one attached hydrogen (secondary N) is 2. The van der Waals surface area contributed by atoms with E-state index in [1.165, 1.54) is 0 Å². The summed E-state index contributed by atoms with van der Waals surface area (Å²) in [5.74, 6) is -0.191. The van der Waals surface area contributed by atoms with Crippen molar-refractivity contribution in [2.45, 2.75) is 31.9 Å². The van der Waals surface area contributed by atoms with E-state index in [2.05, 4.69) is 10.6 Å². The molecule has 108 valence electrons. The van der Waals surface area contributed by atoms with Gasteiger partial charge in [-0.15, -0.1) is 0 Å². The second-order valence-corrected chi connectivity index (χ2v) is 4.71. The lowest BCUT2D eigenvalue weighted by Gasteiger charge is -2.15. The van der Waals surface area contributed by atoms with E-state index in [4.69, 9.17) is 9.84 Å². The van der Waals surface area contributed by atoms with E-state index >= 15 is 0 Å². The molecule has 0 aliphatic carbocycles. The van der Waals surface area contributed by atoms with Crippen molar-refractivity contribution in [2.24, 2.45) is 0 Å². The topological polar surface area (TPSA) is 87.7 Å². The van der Waals surface area contributed by atoms with Gasteiger partial charge in [0.2, 0.25) is 0 Å². The van der Waals surface area contributed by atoms with Crippen molar-refractivity contribution in [3.63, 3.8) is 0 Å². The Balaban J connectivity index is 1.77. The van der Waals surface area contributed by atoms with Crippen LogP contribution in [0.2, 0.25) is 0 Å². The highest BCUT2D eigenvalue weighted by molar-refractivity contribution is 5.82. The maximum atomic E-state index is 11.6. The van der Waals surface area contributed by atoms with Gasteiger partial charge in [0.15, 0.2) is 0 Å². The molecule has 1 aliphatic rings. The molecule has 0 fully saturated rings. The van der Waals surface area contributed by atoms with E-state index in [0.717, 1.165) is 17.7 Å². The average molecular weight is 278 g/mol. The van der Waals surface area contributed by atoms with Crippen molar-refractivity contribution in [1.82, 2.24) is 10.6 Å². The predicted octanol–water partition coefficient (Wildman–Crippen LogP) is 1.15. The lowest BCUT2D eigenvalue weighted by Crippen LogP contribution is -2.47. The molecule has 6 heteroatoms. The average Bonchev–Trinajstić information content (AvgIpc) is 2.85. The molecule has 0 bridgehead atoms. The molecule has 0 saturated carbocycles. The van der Waals surface area contributed by atoms with Gasteiger partial charge in [0.25, 0.3) is 0 Å². The van der Waals surface area contributed by atoms with Crippen LogP contribution in [0.4, 0.5) is 4.79 Å². The quantitative estimate of drug-likeness (QED) is 0.754. The third-order valence-corrected chi connectivity index (χ3v) is 3.22. The van der Waals surface area contributed by atoms with E-state index in [9.17, 15) is 9.59 Å². The molecule has 1 aliphatic heterocycles. The third-order valence-electron chi connectivity index (χ3n) is 3.22. The summed E-state index contributed by atoms with van der Waals surface area (Å²) >= 11 is 0. The summed E-state index contributed by atoms with van der Waals surface area (Å²) in [6.07, 6.45) is 0.976. The first-order chi connectivity index (χ1) is 9.60. The van der Waals surface area contributed by atoms with Crippen molar-refractivity contribution in [1.29, 1.82) is 0 Å². The highest BCUT2D eigenvalue weighted by Crippen LogP contribution is 2.27. The SMILES string of the molecule is CC[C@@H](NC(=O)NCC1Cc2ccccc2O1)C(=O)O. The fraction of sp³-hybridized carbons (Fsp3) is 0.429. The minimum absolute atomic E-state index is 0.108. The summed E-state index contributed by atoms with van der Waals surface area (Å²) in [5, 5.41) is 13.9. The molecule has 0 aromatic heterocycles. The van der Waals surface area contributed by atoms with Crippen LogP contribution in [0.3, 0.4) is 0 Å². The van der Waals surface area contributed by atoms with E-state index in [1.54, 1.807) is 6.92 Å². The van der Waals surface area contributed by atoms with E-state index in [-0.39, 0.29) is 6.10 Å². The van der Waals surface area contributed by atoms with Crippen LogP contribution in [-0.2, 0) is 11.2 Å². The lowest BCUT2D eigenvalue weighted by atomic mass is 10.1. The number of carboxylic acid groups (broad SMARTS) is 1. The number of amides is 2. The fourth-order valence-corrected chi connectivity index (χ4v) is 2.12. The molecule has 2 rings (SSSR count). The summed E-state index contributed by atoms with van der Waals surface area (Å²) in [7, 11) is 0. The number of carbonyl (C=O) groups excluding carboxylic acids is 1. The van der Waals surface area contributed by atoms with Gasteiger partial charge in [-0.3, -0.25) is 0 Å². The summed E-state index contributed by atoms with van der Waals surface area (Å²) in [6.45, 7) is 2.05. The fourth-order valence-electron chi connectivity index (χ4n) is 2.12. The highest BCUT2D eigenvalue weighted by atomic mass is 16.5. The Bertz CT molecular complexity index is 479. The van der Waals surface area contributed by atoms with Crippen molar-refractivity contribution < 1.29 is 19.4 Å². The van der Waals surface area contributed by atoms with Crippen molar-refractivity contribution in [3.8, 4) is 5.75 Å². The van der Waals surface area contributed by atoms with Gasteiger partial charge in [-0.05, 0) is 18.1 Å². The van der Waals surface area contributed by atoms with Gasteiger partial charge in [0.1, 0.15) is 17.9 Å². The molecule has 1 aromatic carbocycles. The van der Waals surface area contributed by atoms with Gasteiger partial charge in [0, 0.05) is 6.42 Å². The molecular weight excluding hydrogens is 260 g/mol. The van der Waals surface area contributed by atoms with Crippen molar-refractivity contribution in [2.75, 3.05) is 6.54 Å². The smallest absolute Gasteiger partial charge is 0.326 e. The first-order valence-corrected chi connectivity index (χ1v) is 6.62. The van der Waals surface area contributed by atoms with Gasteiger partial charge >= 0.3 is 12.0 Å². The van der Waals surface area contributed by atoms with Crippen LogP contribution in [0.15, 0.2) is 24.3 Å². The Morgan fingerprint density at radius 3 is 2.85 bits per heavy atom. The van der Waals surface area contributed by atoms with Gasteiger partial charge in [-0.25, -0.2) is 9.59 Å². The van der Waals surface area contributed by atoms with Crippen LogP contribution in [0.1, 0.15) is 18.9 Å². The number of carbonyl (C=O) groups is 2. The van der Waals surface area contributed by atoms with Gasteiger partial charge in [-0.1, -0.05) is 25.1 Å². The predicted molar refractivity (Wildman–Crippen MR) is 72.8 cm³/mol. The summed E-state index contributed by atoms with van der Waals surface area (Å²) in [6, 6.07) is 6.39. The molecule has 1 unspecified atom stereocenters. The van der Waals surface area contributed by atoms with Crippen LogP contribution >= 0.6 is 0 Å². The standard InChI is InChI=1S/C14H18N2O4/c1-2-11(13(17)18)16-14(19)15-8-10-7-9-5-3-4-6-12(9)20-10/h3-6,10-11H,2,7-8H2,1H3,(H,17,18)(H2,15,16,19)/t10?,11-/m1/s1. The number of hydrogen-bond donors (Lipinski definition) is 3. The van der Waals surface area contributed by atoms with E-state index in [0.29, 0.717) is 13.0 Å². The van der Waals surface area contributed by atoms with Crippen LogP contribution in [0.25, 0.3) is 0 Å². The summed E-state index contributed by atoms with van der Waals surface area (Å²) in [5.41, 5.74) is 1.12. The Labute approximate surface area is 117 Å². The number of carboxylic acids is 1. The molecule has 20 heavy (non-hydrogen) atoms. The second kappa shape index (κ2) is 6.27. The van der Waals surface area contributed by atoms with Gasteiger partial charge < -0.3 is 20.5 Å². The number of urea groups is 1. The molecule has 1 aromatic rings. The molecule has 0 saturated heterocycles. The first kappa shape index (κ1) is 14.2. The Kier molecular flexibility index (Phi) is 4.45. The zero-order valence-corrected chi connectivity index (χ0v) is 11.3. The zero-order valence-electron chi connectivity index (χ0n) is 11.3. The second-order valence-electron chi connectivity index (χ2n) is 4.71. The number of hydrogen-bond acceptors (Lipinski definition) is 3. The third kappa shape index (κ3) is 3.40. The van der Waals surface area contributed by atoms with Crippen LogP contribution in [0.5, 0.6) is 5.75 Å². The maximum absolute atomic E-state index is 11.6. The summed E-state index contributed by atoms with van der Waals surface area (Å²) < 4.78 is 5.68. The van der Waals surface area contributed by atoms with Gasteiger partial charge in [0.05, 0.1) is 6.54 Å². The van der Waals surface area contributed by atoms with Crippen LogP contribution in [-0.4, -0.2) is 35.8 Å². The number of ether oxygens (including phenoxy) is 1. The minimum Gasteiger partial charge on any atom is -0.488 e. The molecular formula is C14H18N2O4. The Hall–Kier alpha value is -2.24. The van der Waals surface area contributed by atoms with Gasteiger partial charge in [-0.2, -0.15) is 0 Å². The molecule has 0 radical (unpaired) electrons. The molecule has 0 spiro atoms. The lowest BCUT2D eigenvalue weighted by molar-refractivity contribution is -0.139. The molecule has 3 N–H and O–H groups in total. The molecule has 2 atom stereocenters. The number of benzene rings is 1. The summed E-state index contributed by atoms with van der Waals surface area (Å²) in [4.78, 5) is 22.4. The molecule has 1 heterocycles. The first-order valence-electron chi connectivity index (χ1n) is 6.62. The number of para-hydroxylation sites is 1. The largest absolute Gasteiger partial charge is 0.488 e. The van der Waals surface area contributed by atoms with Crippen LogP contribution < -0.4 is 15.4 Å². The minimum atomic E-state index is -1.04. The van der Waals surface area contributed by atoms with Crippen molar-refractivity contribution in [3.05, 3.63) is 29.8 Å². The molecule has 2 amide bonds.